The van der Waals surface area contributed by atoms with E-state index in [0.29, 0.717) is 12.1 Å². The van der Waals surface area contributed by atoms with Crippen molar-refractivity contribution >= 4 is 21.6 Å². The predicted molar refractivity (Wildman–Crippen MR) is 107 cm³/mol. The van der Waals surface area contributed by atoms with E-state index in [1.807, 2.05) is 0 Å². The Kier molecular flexibility index (Phi) is 4.10. The molecule has 130 valence electrons. The monoisotopic (exact) mass is 396 g/mol. The number of halogens is 1. The zero-order valence-corrected chi connectivity index (χ0v) is 16.2. The van der Waals surface area contributed by atoms with Gasteiger partial charge in [-0.15, -0.1) is 0 Å². The Hall–Kier alpha value is -1.32. The molecule has 3 heteroatoms. The molecule has 2 aromatic carbocycles. The highest BCUT2D eigenvalue weighted by atomic mass is 79.9. The van der Waals surface area contributed by atoms with E-state index in [9.17, 15) is 0 Å². The van der Waals surface area contributed by atoms with Crippen molar-refractivity contribution in [2.45, 2.75) is 43.7 Å². The molecule has 0 bridgehead atoms. The third kappa shape index (κ3) is 3.02. The van der Waals surface area contributed by atoms with Gasteiger partial charge in [0, 0.05) is 35.3 Å². The second-order valence-corrected chi connectivity index (χ2v) is 8.75. The Morgan fingerprint density at radius 1 is 0.840 bits per heavy atom. The predicted octanol–water partition coefficient (Wildman–Crippen LogP) is 5.35. The molecular weight excluding hydrogens is 372 g/mol. The van der Waals surface area contributed by atoms with Gasteiger partial charge in [-0.05, 0) is 73.5 Å². The molecule has 0 aromatic heterocycles. The summed E-state index contributed by atoms with van der Waals surface area (Å²) >= 11 is 3.53. The van der Waals surface area contributed by atoms with Gasteiger partial charge in [0.25, 0.3) is 0 Å². The van der Waals surface area contributed by atoms with Crippen LogP contribution in [-0.2, 0) is 0 Å². The van der Waals surface area contributed by atoms with Crippen LogP contribution in [-0.4, -0.2) is 30.6 Å². The minimum absolute atomic E-state index is 0.647. The summed E-state index contributed by atoms with van der Waals surface area (Å²) in [6, 6.07) is 19.4. The van der Waals surface area contributed by atoms with Gasteiger partial charge < -0.3 is 4.90 Å². The van der Waals surface area contributed by atoms with Crippen molar-refractivity contribution in [2.24, 2.45) is 0 Å². The largest absolute Gasteiger partial charge is 0.368 e. The van der Waals surface area contributed by atoms with Crippen LogP contribution in [0.15, 0.2) is 53.0 Å². The SMILES string of the molecule is Brc1ccc(N2CC(N3CCCC3c3ccccc3C3CC3)C2)cc1. The van der Waals surface area contributed by atoms with E-state index in [0.717, 1.165) is 10.4 Å². The third-order valence-corrected chi connectivity index (χ3v) is 6.72. The summed E-state index contributed by atoms with van der Waals surface area (Å²) in [5.41, 5.74) is 4.63. The van der Waals surface area contributed by atoms with Gasteiger partial charge in [0.2, 0.25) is 0 Å². The maximum absolute atomic E-state index is 3.53. The molecule has 2 heterocycles. The molecule has 0 spiro atoms. The van der Waals surface area contributed by atoms with E-state index in [4.69, 9.17) is 0 Å². The lowest BCUT2D eigenvalue weighted by Crippen LogP contribution is -2.59. The lowest BCUT2D eigenvalue weighted by Gasteiger charge is -2.47. The lowest BCUT2D eigenvalue weighted by atomic mass is 9.94. The summed E-state index contributed by atoms with van der Waals surface area (Å²) in [5, 5.41) is 0. The molecule has 1 saturated carbocycles. The first-order valence-electron chi connectivity index (χ1n) is 9.64. The number of hydrogen-bond donors (Lipinski definition) is 0. The Morgan fingerprint density at radius 3 is 2.28 bits per heavy atom. The van der Waals surface area contributed by atoms with Gasteiger partial charge in [0.05, 0.1) is 0 Å². The van der Waals surface area contributed by atoms with Crippen LogP contribution in [0, 0.1) is 0 Å². The van der Waals surface area contributed by atoms with Crippen LogP contribution >= 0.6 is 15.9 Å². The Morgan fingerprint density at radius 2 is 1.56 bits per heavy atom. The fraction of sp³-hybridized carbons (Fsp3) is 0.455. The van der Waals surface area contributed by atoms with Crippen LogP contribution in [0.4, 0.5) is 5.69 Å². The standard InChI is InChI=1S/C22H25BrN2/c23-17-9-11-18(12-10-17)24-14-19(15-24)25-13-3-6-22(25)21-5-2-1-4-20(21)16-7-8-16/h1-2,4-5,9-12,16,19,22H,3,6-8,13-15H2. The molecule has 1 unspecified atom stereocenters. The average molecular weight is 397 g/mol. The summed E-state index contributed by atoms with van der Waals surface area (Å²) in [5.74, 6) is 0.847. The molecule has 5 rings (SSSR count). The molecule has 2 saturated heterocycles. The van der Waals surface area contributed by atoms with Crippen molar-refractivity contribution in [3.8, 4) is 0 Å². The van der Waals surface area contributed by atoms with Crippen molar-refractivity contribution in [1.82, 2.24) is 4.90 Å². The average Bonchev–Trinajstić information content (AvgIpc) is 3.34. The third-order valence-electron chi connectivity index (χ3n) is 6.19. The number of anilines is 1. The smallest absolute Gasteiger partial charge is 0.0452 e. The van der Waals surface area contributed by atoms with Crippen molar-refractivity contribution in [2.75, 3.05) is 24.5 Å². The molecule has 2 aliphatic heterocycles. The number of benzene rings is 2. The van der Waals surface area contributed by atoms with E-state index in [1.165, 1.54) is 51.0 Å². The number of rotatable bonds is 4. The molecule has 3 fully saturated rings. The minimum atomic E-state index is 0.647. The molecule has 0 N–H and O–H groups in total. The first-order valence-corrected chi connectivity index (χ1v) is 10.4. The summed E-state index contributed by atoms with van der Waals surface area (Å²) in [6.45, 7) is 3.61. The topological polar surface area (TPSA) is 6.48 Å². The van der Waals surface area contributed by atoms with Crippen LogP contribution < -0.4 is 4.90 Å². The van der Waals surface area contributed by atoms with Crippen molar-refractivity contribution < 1.29 is 0 Å². The summed E-state index contributed by atoms with van der Waals surface area (Å²) in [4.78, 5) is 5.32. The van der Waals surface area contributed by atoms with Gasteiger partial charge in [-0.25, -0.2) is 0 Å². The van der Waals surface area contributed by atoms with E-state index in [-0.39, 0.29) is 0 Å². The second kappa shape index (κ2) is 6.44. The normalized spacial score (nSPS) is 24.5. The summed E-state index contributed by atoms with van der Waals surface area (Å²) in [6.07, 6.45) is 5.46. The molecule has 1 atom stereocenters. The van der Waals surface area contributed by atoms with Gasteiger partial charge in [0.15, 0.2) is 0 Å². The lowest BCUT2D eigenvalue weighted by molar-refractivity contribution is 0.151. The summed E-state index contributed by atoms with van der Waals surface area (Å²) in [7, 11) is 0. The quantitative estimate of drug-likeness (QED) is 0.686. The van der Waals surface area contributed by atoms with Crippen LogP contribution in [0.5, 0.6) is 0 Å². The fourth-order valence-electron chi connectivity index (χ4n) is 4.67. The first-order chi connectivity index (χ1) is 12.3. The highest BCUT2D eigenvalue weighted by Crippen LogP contribution is 2.46. The van der Waals surface area contributed by atoms with Gasteiger partial charge in [-0.2, -0.15) is 0 Å². The van der Waals surface area contributed by atoms with E-state index in [1.54, 1.807) is 11.1 Å². The zero-order chi connectivity index (χ0) is 16.8. The highest BCUT2D eigenvalue weighted by Gasteiger charge is 2.40. The van der Waals surface area contributed by atoms with Crippen LogP contribution in [0.25, 0.3) is 0 Å². The number of nitrogens with zero attached hydrogens (tertiary/aromatic N) is 2. The zero-order valence-electron chi connectivity index (χ0n) is 14.6. The summed E-state index contributed by atoms with van der Waals surface area (Å²) < 4.78 is 1.16. The molecule has 3 aliphatic rings. The van der Waals surface area contributed by atoms with Crippen molar-refractivity contribution in [3.05, 3.63) is 64.1 Å². The van der Waals surface area contributed by atoms with E-state index >= 15 is 0 Å². The maximum Gasteiger partial charge on any atom is 0.0452 e. The molecule has 25 heavy (non-hydrogen) atoms. The molecule has 0 radical (unpaired) electrons. The van der Waals surface area contributed by atoms with Gasteiger partial charge in [-0.3, -0.25) is 4.90 Å². The van der Waals surface area contributed by atoms with Crippen molar-refractivity contribution in [1.29, 1.82) is 0 Å². The fourth-order valence-corrected chi connectivity index (χ4v) is 4.93. The molecule has 2 aromatic rings. The molecule has 2 nitrogen and oxygen atoms in total. The van der Waals surface area contributed by atoms with Crippen molar-refractivity contribution in [3.63, 3.8) is 0 Å². The highest BCUT2D eigenvalue weighted by molar-refractivity contribution is 9.10. The Balaban J connectivity index is 1.31. The van der Waals surface area contributed by atoms with E-state index < -0.39 is 0 Å². The van der Waals surface area contributed by atoms with Crippen LogP contribution in [0.2, 0.25) is 0 Å². The Bertz CT molecular complexity index is 747. The van der Waals surface area contributed by atoms with Crippen LogP contribution in [0.1, 0.15) is 48.8 Å². The van der Waals surface area contributed by atoms with Crippen LogP contribution in [0.3, 0.4) is 0 Å². The maximum atomic E-state index is 3.53. The number of likely N-dealkylation sites (tertiary alicyclic amines) is 1. The van der Waals surface area contributed by atoms with Gasteiger partial charge in [0.1, 0.15) is 0 Å². The molecule has 1 aliphatic carbocycles. The number of hydrogen-bond acceptors (Lipinski definition) is 2. The van der Waals surface area contributed by atoms with E-state index in [2.05, 4.69) is 74.3 Å². The first kappa shape index (κ1) is 15.9. The second-order valence-electron chi connectivity index (χ2n) is 7.83. The van der Waals surface area contributed by atoms with Gasteiger partial charge >= 0.3 is 0 Å². The Labute approximate surface area is 159 Å². The van der Waals surface area contributed by atoms with Gasteiger partial charge in [-0.1, -0.05) is 40.2 Å². The minimum Gasteiger partial charge on any atom is -0.368 e. The molecule has 0 amide bonds. The molecular formula is C22H25BrN2.